The molecule has 0 N–H and O–H groups in total. The van der Waals surface area contributed by atoms with Crippen molar-refractivity contribution < 1.29 is 0 Å². The molecular formula is C6H16S6. The second-order valence-electron chi connectivity index (χ2n) is 1.77. The van der Waals surface area contributed by atoms with Gasteiger partial charge in [0.25, 0.3) is 0 Å². The van der Waals surface area contributed by atoms with E-state index in [-0.39, 0.29) is 0 Å². The van der Waals surface area contributed by atoms with E-state index in [4.69, 9.17) is 0 Å². The smallest absolute Gasteiger partial charge is 0.0557 e. The molecule has 0 heterocycles. The third-order valence-electron chi connectivity index (χ3n) is 0.744. The van der Waals surface area contributed by atoms with Gasteiger partial charge in [-0.3, -0.25) is 0 Å². The summed E-state index contributed by atoms with van der Waals surface area (Å²) in [4.78, 5) is 0. The third kappa shape index (κ3) is 18.0. The molecule has 2 unspecified atom stereocenters. The van der Waals surface area contributed by atoms with Gasteiger partial charge in [0.05, 0.1) is 4.58 Å². The van der Waals surface area contributed by atoms with Crippen LogP contribution in [0.15, 0.2) is 0 Å². The molecule has 0 radical (unpaired) electrons. The maximum absolute atomic E-state index is 4.12. The molecule has 2 atom stereocenters. The van der Waals surface area contributed by atoms with Gasteiger partial charge in [-0.05, 0) is 13.2 Å². The van der Waals surface area contributed by atoms with Crippen LogP contribution in [0.25, 0.3) is 0 Å². The normalized spacial score (nSPS) is 14.5. The van der Waals surface area contributed by atoms with Crippen LogP contribution in [0.3, 0.4) is 0 Å². The number of hydrogen-bond acceptors (Lipinski definition) is 6. The summed E-state index contributed by atoms with van der Waals surface area (Å²) in [5.74, 6) is 0.851. The van der Waals surface area contributed by atoms with E-state index < -0.39 is 0 Å². The summed E-state index contributed by atoms with van der Waals surface area (Å²) in [6, 6.07) is 0. The molecule has 0 aromatic carbocycles. The zero-order valence-electron chi connectivity index (χ0n) is 7.17. The number of thiol groups is 4. The van der Waals surface area contributed by atoms with Crippen molar-refractivity contribution in [2.45, 2.75) is 16.1 Å². The van der Waals surface area contributed by atoms with Crippen LogP contribution in [0.5, 0.6) is 0 Å². The first kappa shape index (κ1) is 16.5. The molecule has 0 bridgehead atoms. The Kier molecular flexibility index (Phi) is 18.0. The first-order chi connectivity index (χ1) is 5.58. The molecule has 0 aromatic rings. The molecule has 6 heteroatoms. The Labute approximate surface area is 106 Å². The van der Waals surface area contributed by atoms with Gasteiger partial charge in [-0.25, -0.2) is 0 Å². The molecule has 12 heavy (non-hydrogen) atoms. The van der Waals surface area contributed by atoms with E-state index in [2.05, 4.69) is 50.5 Å². The van der Waals surface area contributed by atoms with E-state index in [0.29, 0.717) is 9.16 Å². The van der Waals surface area contributed by atoms with Crippen molar-refractivity contribution in [3.05, 3.63) is 0 Å². The van der Waals surface area contributed by atoms with Crippen LogP contribution in [0.2, 0.25) is 0 Å². The van der Waals surface area contributed by atoms with E-state index in [1.165, 1.54) is 0 Å². The lowest BCUT2D eigenvalue weighted by atomic mass is 10.9. The Balaban J connectivity index is 0. The van der Waals surface area contributed by atoms with E-state index >= 15 is 0 Å². The highest BCUT2D eigenvalue weighted by Gasteiger charge is 1.90. The minimum Gasteiger partial charge on any atom is -0.177 e. The highest BCUT2D eigenvalue weighted by atomic mass is 32.2. The van der Waals surface area contributed by atoms with Crippen LogP contribution >= 0.6 is 74.0 Å². The van der Waals surface area contributed by atoms with Crippen molar-refractivity contribution in [1.29, 1.82) is 0 Å². The molecule has 0 aliphatic rings. The van der Waals surface area contributed by atoms with Crippen molar-refractivity contribution >= 4 is 74.0 Å². The Bertz CT molecular complexity index is 72.4. The topological polar surface area (TPSA) is 0 Å². The fourth-order valence-electron chi connectivity index (χ4n) is 0.182. The first-order valence-electron chi connectivity index (χ1n) is 3.30. The highest BCUT2D eigenvalue weighted by Crippen LogP contribution is 2.13. The number of rotatable bonds is 4. The molecule has 76 valence electrons. The maximum atomic E-state index is 4.12. The predicted molar refractivity (Wildman–Crippen MR) is 80.0 cm³/mol. The van der Waals surface area contributed by atoms with Gasteiger partial charge in [0, 0.05) is 15.4 Å². The van der Waals surface area contributed by atoms with Crippen LogP contribution in [-0.4, -0.2) is 26.3 Å². The second kappa shape index (κ2) is 13.1. The molecule has 0 saturated carbocycles. The molecular weight excluding hydrogens is 264 g/mol. The van der Waals surface area contributed by atoms with Crippen LogP contribution in [0, 0.1) is 0 Å². The fraction of sp³-hybridized carbons (Fsp3) is 1.00. The minimum absolute atomic E-state index is 0.410. The predicted octanol–water partition coefficient (Wildman–Crippen LogP) is 3.42. The summed E-state index contributed by atoms with van der Waals surface area (Å²) >= 11 is 19.6. The van der Waals surface area contributed by atoms with Gasteiger partial charge in [0.2, 0.25) is 0 Å². The van der Waals surface area contributed by atoms with Crippen LogP contribution in [0.1, 0.15) is 6.92 Å². The summed E-state index contributed by atoms with van der Waals surface area (Å²) in [6.07, 6.45) is 2.02. The van der Waals surface area contributed by atoms with Crippen molar-refractivity contribution in [3.63, 3.8) is 0 Å². The Morgan fingerprint density at radius 1 is 1.25 bits per heavy atom. The van der Waals surface area contributed by atoms with Crippen molar-refractivity contribution in [1.82, 2.24) is 0 Å². The fourth-order valence-corrected chi connectivity index (χ4v) is 2.24. The monoisotopic (exact) mass is 280 g/mol. The third-order valence-corrected chi connectivity index (χ3v) is 4.70. The van der Waals surface area contributed by atoms with E-state index in [1.54, 1.807) is 23.5 Å². The van der Waals surface area contributed by atoms with Gasteiger partial charge < -0.3 is 0 Å². The zero-order valence-corrected chi connectivity index (χ0v) is 12.4. The number of hydrogen-bond donors (Lipinski definition) is 4. The van der Waals surface area contributed by atoms with Gasteiger partial charge in [-0.1, -0.05) is 0 Å². The molecule has 0 fully saturated rings. The standard InChI is InChI=1S/2C3H8S3/c1-6-3(5)2-4;1-3(5)6-2-4/h2*3-5H,2H2,1H3. The Morgan fingerprint density at radius 3 is 1.75 bits per heavy atom. The summed E-state index contributed by atoms with van der Waals surface area (Å²) in [5.41, 5.74) is 0. The quantitative estimate of drug-likeness (QED) is 0.460. The largest absolute Gasteiger partial charge is 0.177 e. The second-order valence-corrected chi connectivity index (χ2v) is 7.34. The average Bonchev–Trinajstić information content (AvgIpc) is 2.04. The molecule has 0 aliphatic carbocycles. The van der Waals surface area contributed by atoms with E-state index in [0.717, 1.165) is 10.8 Å². The first-order valence-corrected chi connectivity index (χ1v) is 7.94. The zero-order chi connectivity index (χ0) is 9.98. The highest BCUT2D eigenvalue weighted by molar-refractivity contribution is 8.16. The minimum atomic E-state index is 0.410. The molecule has 0 saturated heterocycles. The van der Waals surface area contributed by atoms with E-state index in [9.17, 15) is 0 Å². The van der Waals surface area contributed by atoms with Gasteiger partial charge in [-0.15, -0.1) is 11.8 Å². The maximum Gasteiger partial charge on any atom is 0.0557 e. The van der Waals surface area contributed by atoms with Gasteiger partial charge in [-0.2, -0.15) is 62.3 Å². The summed E-state index contributed by atoms with van der Waals surface area (Å²) in [6.45, 7) is 2.03. The van der Waals surface area contributed by atoms with Crippen LogP contribution in [0.4, 0.5) is 0 Å². The van der Waals surface area contributed by atoms with Crippen molar-refractivity contribution in [2.75, 3.05) is 17.1 Å². The lowest BCUT2D eigenvalue weighted by molar-refractivity contribution is 1.44. The molecule has 0 spiro atoms. The summed E-state index contributed by atoms with van der Waals surface area (Å²) in [5, 5.41) is 0.866. The molecule has 0 aliphatic heterocycles. The average molecular weight is 281 g/mol. The molecule has 0 nitrogen and oxygen atoms in total. The number of thioether (sulfide) groups is 2. The SMILES string of the molecule is CC(S)SCS.CSC(S)CS. The van der Waals surface area contributed by atoms with Crippen LogP contribution in [-0.2, 0) is 0 Å². The molecule has 0 aromatic heterocycles. The van der Waals surface area contributed by atoms with Crippen LogP contribution < -0.4 is 0 Å². The van der Waals surface area contributed by atoms with Gasteiger partial charge >= 0.3 is 0 Å². The molecule has 0 rings (SSSR count). The van der Waals surface area contributed by atoms with Crippen molar-refractivity contribution in [2.24, 2.45) is 0 Å². The van der Waals surface area contributed by atoms with Gasteiger partial charge in [0.15, 0.2) is 0 Å². The molecule has 0 amide bonds. The van der Waals surface area contributed by atoms with E-state index in [1.807, 2.05) is 13.2 Å². The van der Waals surface area contributed by atoms with Gasteiger partial charge in [0.1, 0.15) is 0 Å². The summed E-state index contributed by atoms with van der Waals surface area (Å²) in [7, 11) is 0. The lowest BCUT2D eigenvalue weighted by Gasteiger charge is -1.97. The lowest BCUT2D eigenvalue weighted by Crippen LogP contribution is -1.89. The Hall–Kier alpha value is 2.10. The Morgan fingerprint density at radius 2 is 1.75 bits per heavy atom. The summed E-state index contributed by atoms with van der Waals surface area (Å²) < 4.78 is 0.843. The van der Waals surface area contributed by atoms with Crippen molar-refractivity contribution in [3.8, 4) is 0 Å².